The zero-order chi connectivity index (χ0) is 26.2. The SMILES string of the molecule is N=C(N)NCCC1CCN(C(=O)[C@H](Cc2cccc(C(=N)N)c2)NCc2ccc3ccccc3c2)CC1. The Labute approximate surface area is 218 Å². The van der Waals surface area contributed by atoms with E-state index in [1.165, 1.54) is 10.8 Å². The molecule has 1 aliphatic rings. The summed E-state index contributed by atoms with van der Waals surface area (Å²) in [5.74, 6) is 0.651. The number of carbonyl (C=O) groups excluding carboxylic acids is 1. The summed E-state index contributed by atoms with van der Waals surface area (Å²) >= 11 is 0. The predicted molar refractivity (Wildman–Crippen MR) is 150 cm³/mol. The number of likely N-dealkylation sites (tertiary alicyclic amines) is 1. The van der Waals surface area contributed by atoms with Gasteiger partial charge in [-0.1, -0.05) is 54.6 Å². The number of nitrogens with zero attached hydrogens (tertiary/aromatic N) is 1. The lowest BCUT2D eigenvalue weighted by Crippen LogP contribution is -2.50. The Morgan fingerprint density at radius 3 is 2.43 bits per heavy atom. The van der Waals surface area contributed by atoms with Gasteiger partial charge in [0, 0.05) is 31.7 Å². The topological polar surface area (TPSA) is 144 Å². The molecule has 1 heterocycles. The third-order valence-corrected chi connectivity index (χ3v) is 7.14. The molecule has 8 nitrogen and oxygen atoms in total. The minimum Gasteiger partial charge on any atom is -0.384 e. The normalized spacial score (nSPS) is 14.9. The van der Waals surface area contributed by atoms with Crippen molar-refractivity contribution in [2.24, 2.45) is 17.4 Å². The average Bonchev–Trinajstić information content (AvgIpc) is 2.91. The fraction of sp³-hybridized carbons (Fsp3) is 0.345. The van der Waals surface area contributed by atoms with Crippen molar-refractivity contribution in [2.75, 3.05) is 19.6 Å². The third kappa shape index (κ3) is 7.30. The maximum atomic E-state index is 13.7. The van der Waals surface area contributed by atoms with Gasteiger partial charge >= 0.3 is 0 Å². The lowest BCUT2D eigenvalue weighted by molar-refractivity contribution is -0.135. The number of carbonyl (C=O) groups is 1. The molecule has 1 fully saturated rings. The van der Waals surface area contributed by atoms with E-state index < -0.39 is 0 Å². The molecule has 194 valence electrons. The fourth-order valence-electron chi connectivity index (χ4n) is 5.01. The van der Waals surface area contributed by atoms with E-state index in [1.807, 2.05) is 41.3 Å². The molecule has 0 spiro atoms. The van der Waals surface area contributed by atoms with Gasteiger partial charge in [-0.05, 0) is 65.6 Å². The van der Waals surface area contributed by atoms with Crippen LogP contribution < -0.4 is 22.1 Å². The zero-order valence-corrected chi connectivity index (χ0v) is 21.2. The number of guanidine groups is 1. The third-order valence-electron chi connectivity index (χ3n) is 7.14. The number of nitrogen functional groups attached to an aromatic ring is 1. The number of hydrogen-bond acceptors (Lipinski definition) is 4. The zero-order valence-electron chi connectivity index (χ0n) is 21.2. The maximum absolute atomic E-state index is 13.7. The first-order valence-electron chi connectivity index (χ1n) is 12.9. The number of amidine groups is 1. The standard InChI is InChI=1S/C29H37N7O/c30-27(31)25-7-3-4-21(16-25)18-26(35-19-22-8-9-23-5-1-2-6-24(23)17-22)28(37)36-14-11-20(12-15-36)10-13-34-29(32)33/h1-9,16-17,20,26,35H,10-15,18-19H2,(H3,30,31)(H4,32,33,34)/t26-/m0/s1. The number of rotatable bonds is 10. The van der Waals surface area contributed by atoms with Gasteiger partial charge < -0.3 is 27.0 Å². The van der Waals surface area contributed by atoms with E-state index in [0.717, 1.165) is 43.5 Å². The second-order valence-electron chi connectivity index (χ2n) is 9.83. The molecule has 0 unspecified atom stereocenters. The highest BCUT2D eigenvalue weighted by atomic mass is 16.2. The van der Waals surface area contributed by atoms with Gasteiger partial charge in [-0.2, -0.15) is 0 Å². The van der Waals surface area contributed by atoms with Crippen LogP contribution in [-0.2, 0) is 17.8 Å². The first kappa shape index (κ1) is 26.2. The Bertz CT molecular complexity index is 1250. The van der Waals surface area contributed by atoms with Crippen molar-refractivity contribution in [3.05, 3.63) is 83.4 Å². The molecule has 4 rings (SSSR count). The van der Waals surface area contributed by atoms with Crippen molar-refractivity contribution < 1.29 is 4.79 Å². The largest absolute Gasteiger partial charge is 0.384 e. The van der Waals surface area contributed by atoms with Gasteiger partial charge in [0.25, 0.3) is 0 Å². The molecule has 1 amide bonds. The number of nitrogens with one attached hydrogen (secondary N) is 4. The van der Waals surface area contributed by atoms with E-state index in [2.05, 4.69) is 41.0 Å². The van der Waals surface area contributed by atoms with Crippen LogP contribution in [-0.4, -0.2) is 48.3 Å². The summed E-state index contributed by atoms with van der Waals surface area (Å²) in [5.41, 5.74) is 13.9. The maximum Gasteiger partial charge on any atom is 0.240 e. The van der Waals surface area contributed by atoms with Crippen LogP contribution in [0.5, 0.6) is 0 Å². The lowest BCUT2D eigenvalue weighted by Gasteiger charge is -2.34. The number of piperidine rings is 1. The van der Waals surface area contributed by atoms with Crippen molar-refractivity contribution in [2.45, 2.75) is 38.3 Å². The lowest BCUT2D eigenvalue weighted by atomic mass is 9.92. The Hall–Kier alpha value is -3.91. The van der Waals surface area contributed by atoms with E-state index in [0.29, 0.717) is 31.0 Å². The summed E-state index contributed by atoms with van der Waals surface area (Å²) in [6.45, 7) is 2.73. The molecule has 0 bridgehead atoms. The Morgan fingerprint density at radius 1 is 0.946 bits per heavy atom. The minimum absolute atomic E-state index is 0.00165. The molecular weight excluding hydrogens is 462 g/mol. The van der Waals surface area contributed by atoms with Crippen molar-refractivity contribution in [1.82, 2.24) is 15.5 Å². The summed E-state index contributed by atoms with van der Waals surface area (Å²) in [7, 11) is 0. The summed E-state index contributed by atoms with van der Waals surface area (Å²) in [5, 5.41) is 23.9. The first-order valence-corrected chi connectivity index (χ1v) is 12.9. The molecule has 8 N–H and O–H groups in total. The quantitative estimate of drug-likeness (QED) is 0.188. The van der Waals surface area contributed by atoms with Gasteiger partial charge in [0.2, 0.25) is 5.91 Å². The molecule has 0 radical (unpaired) electrons. The molecule has 0 aliphatic carbocycles. The van der Waals surface area contributed by atoms with Gasteiger partial charge in [-0.15, -0.1) is 0 Å². The van der Waals surface area contributed by atoms with Gasteiger partial charge in [0.05, 0.1) is 6.04 Å². The van der Waals surface area contributed by atoms with Crippen molar-refractivity contribution >= 4 is 28.5 Å². The number of fused-ring (bicyclic) bond motifs is 1. The summed E-state index contributed by atoms with van der Waals surface area (Å²) in [6.07, 6.45) is 3.37. The molecule has 3 aromatic rings. The van der Waals surface area contributed by atoms with E-state index in [-0.39, 0.29) is 23.7 Å². The first-order chi connectivity index (χ1) is 17.9. The fourth-order valence-corrected chi connectivity index (χ4v) is 5.01. The molecular formula is C29H37N7O. The summed E-state index contributed by atoms with van der Waals surface area (Å²) < 4.78 is 0. The minimum atomic E-state index is -0.385. The van der Waals surface area contributed by atoms with E-state index in [1.54, 1.807) is 0 Å². The van der Waals surface area contributed by atoms with Crippen LogP contribution in [0.4, 0.5) is 0 Å². The van der Waals surface area contributed by atoms with E-state index in [4.69, 9.17) is 22.3 Å². The molecule has 0 aromatic heterocycles. The monoisotopic (exact) mass is 499 g/mol. The van der Waals surface area contributed by atoms with Crippen molar-refractivity contribution in [3.63, 3.8) is 0 Å². The van der Waals surface area contributed by atoms with Crippen LogP contribution in [0.15, 0.2) is 66.7 Å². The van der Waals surface area contributed by atoms with Crippen LogP contribution in [0.25, 0.3) is 10.8 Å². The second kappa shape index (κ2) is 12.4. The molecule has 1 atom stereocenters. The molecule has 1 saturated heterocycles. The van der Waals surface area contributed by atoms with Gasteiger partial charge in [0.15, 0.2) is 5.96 Å². The Balaban J connectivity index is 1.44. The smallest absolute Gasteiger partial charge is 0.240 e. The van der Waals surface area contributed by atoms with Gasteiger partial charge in [0.1, 0.15) is 5.84 Å². The van der Waals surface area contributed by atoms with Crippen LogP contribution in [0, 0.1) is 16.7 Å². The molecule has 0 saturated carbocycles. The van der Waals surface area contributed by atoms with E-state index in [9.17, 15) is 4.79 Å². The molecule has 3 aromatic carbocycles. The van der Waals surface area contributed by atoms with Crippen molar-refractivity contribution in [3.8, 4) is 0 Å². The van der Waals surface area contributed by atoms with Crippen LogP contribution in [0.2, 0.25) is 0 Å². The van der Waals surface area contributed by atoms with Crippen LogP contribution in [0.3, 0.4) is 0 Å². The highest BCUT2D eigenvalue weighted by Crippen LogP contribution is 2.22. The summed E-state index contributed by atoms with van der Waals surface area (Å²) in [4.78, 5) is 15.7. The highest BCUT2D eigenvalue weighted by Gasteiger charge is 2.28. The second-order valence-corrected chi connectivity index (χ2v) is 9.83. The number of amides is 1. The summed E-state index contributed by atoms with van der Waals surface area (Å²) in [6, 6.07) is 21.9. The Morgan fingerprint density at radius 2 is 1.70 bits per heavy atom. The highest BCUT2D eigenvalue weighted by molar-refractivity contribution is 5.95. The van der Waals surface area contributed by atoms with Gasteiger partial charge in [-0.25, -0.2) is 0 Å². The van der Waals surface area contributed by atoms with Crippen molar-refractivity contribution in [1.29, 1.82) is 10.8 Å². The number of benzene rings is 3. The number of hydrogen-bond donors (Lipinski definition) is 6. The molecule has 8 heteroatoms. The Kier molecular flexibility index (Phi) is 8.74. The molecule has 1 aliphatic heterocycles. The van der Waals surface area contributed by atoms with Gasteiger partial charge in [-0.3, -0.25) is 15.6 Å². The molecule has 37 heavy (non-hydrogen) atoms. The van der Waals surface area contributed by atoms with Crippen LogP contribution in [0.1, 0.15) is 36.0 Å². The number of nitrogens with two attached hydrogens (primary N) is 2. The predicted octanol–water partition coefficient (Wildman–Crippen LogP) is 2.94. The average molecular weight is 500 g/mol. The van der Waals surface area contributed by atoms with E-state index >= 15 is 0 Å². The van der Waals surface area contributed by atoms with Crippen LogP contribution >= 0.6 is 0 Å².